The Morgan fingerprint density at radius 2 is 1.31 bits per heavy atom. The fraction of sp³-hybridized carbons (Fsp3) is 0.667. The molecule has 0 aromatic rings. The summed E-state index contributed by atoms with van der Waals surface area (Å²) in [6, 6.07) is -1.35. The summed E-state index contributed by atoms with van der Waals surface area (Å²) in [5.74, 6) is -0.179. The topological polar surface area (TPSA) is 105 Å². The third kappa shape index (κ3) is 7.03. The van der Waals surface area contributed by atoms with Gasteiger partial charge in [-0.1, -0.05) is 0 Å². The van der Waals surface area contributed by atoms with Gasteiger partial charge in [-0.2, -0.15) is 0 Å². The van der Waals surface area contributed by atoms with Crippen molar-refractivity contribution in [1.82, 2.24) is 0 Å². The van der Waals surface area contributed by atoms with Crippen LogP contribution in [-0.2, 0) is 17.2 Å². The van der Waals surface area contributed by atoms with Crippen LogP contribution in [0.5, 0.6) is 0 Å². The average Bonchev–Trinajstić information content (AvgIpc) is 2.31. The van der Waals surface area contributed by atoms with Gasteiger partial charge in [0.25, 0.3) is 0 Å². The van der Waals surface area contributed by atoms with Gasteiger partial charge in [0.1, 0.15) is 0 Å². The Bertz CT molecular complexity index is 223. The van der Waals surface area contributed by atoms with Crippen LogP contribution in [0, 0.1) is 0 Å². The van der Waals surface area contributed by atoms with Crippen molar-refractivity contribution in [2.75, 3.05) is 11.5 Å². The monoisotopic (exact) mass is 400 g/mol. The van der Waals surface area contributed by atoms with E-state index in [4.69, 9.17) is 11.5 Å². The van der Waals surface area contributed by atoms with Crippen LogP contribution in [0.4, 0.5) is 0 Å². The number of nitrogens with two attached hydrogens (primary N) is 2. The molecule has 0 aromatic heterocycles. The van der Waals surface area contributed by atoms with E-state index in [1.54, 1.807) is 32.7 Å². The van der Waals surface area contributed by atoms with Gasteiger partial charge in [-0.3, -0.25) is 0 Å². The first-order valence-corrected chi connectivity index (χ1v) is 8.01. The molecule has 16 heavy (non-hydrogen) atoms. The average molecular weight is 398 g/mol. The standard InChI is InChI=1S/C6H12N2O4S2Se2/c7-3(5(9)11-15)1-13-14-2-4(8)6(10)12-16/h3-4,15-16H,1-2,7-8H2/t3-,4-/m0/s1. The Labute approximate surface area is 118 Å². The first-order chi connectivity index (χ1) is 7.52. The number of carbonyl (C=O) groups excluding carboxylic acids is 2. The van der Waals surface area contributed by atoms with E-state index in [1.165, 1.54) is 21.6 Å². The minimum absolute atomic E-state index is 0.394. The summed E-state index contributed by atoms with van der Waals surface area (Å²) in [7, 11) is 2.70. The molecular formula is C6H12N2O4S2Se2. The van der Waals surface area contributed by atoms with Crippen LogP contribution in [0.1, 0.15) is 0 Å². The number of hydrogen-bond donors (Lipinski definition) is 2. The summed E-state index contributed by atoms with van der Waals surface area (Å²) >= 11 is 3.41. The Morgan fingerprint density at radius 1 is 1.00 bits per heavy atom. The molecule has 0 unspecified atom stereocenters. The van der Waals surface area contributed by atoms with Crippen molar-refractivity contribution in [2.45, 2.75) is 12.1 Å². The molecule has 94 valence electrons. The van der Waals surface area contributed by atoms with Gasteiger partial charge in [-0.05, 0) is 0 Å². The molecule has 0 aliphatic heterocycles. The van der Waals surface area contributed by atoms with E-state index in [2.05, 4.69) is 7.64 Å². The summed E-state index contributed by atoms with van der Waals surface area (Å²) in [5.41, 5.74) is 11.0. The van der Waals surface area contributed by atoms with Crippen molar-refractivity contribution in [3.05, 3.63) is 0 Å². The van der Waals surface area contributed by atoms with E-state index < -0.39 is 24.0 Å². The number of carbonyl (C=O) groups is 2. The van der Waals surface area contributed by atoms with Gasteiger partial charge in [-0.15, -0.1) is 0 Å². The van der Waals surface area contributed by atoms with Gasteiger partial charge in [0.05, 0.1) is 0 Å². The third-order valence-electron chi connectivity index (χ3n) is 1.36. The molecule has 0 saturated carbocycles. The van der Waals surface area contributed by atoms with Crippen LogP contribution in [0.25, 0.3) is 0 Å². The second-order valence-corrected chi connectivity index (χ2v) is 5.92. The molecule has 0 saturated heterocycles. The van der Waals surface area contributed by atoms with Crippen LogP contribution in [0.15, 0.2) is 0 Å². The molecule has 0 bridgehead atoms. The fourth-order valence-electron chi connectivity index (χ4n) is 0.514. The number of hydrogen-bond acceptors (Lipinski definition) is 8. The molecule has 0 fully saturated rings. The molecule has 0 aliphatic carbocycles. The second-order valence-electron chi connectivity index (χ2n) is 2.60. The van der Waals surface area contributed by atoms with Crippen molar-refractivity contribution >= 4 is 66.2 Å². The molecule has 0 heterocycles. The molecule has 0 aliphatic rings. The van der Waals surface area contributed by atoms with Crippen molar-refractivity contribution in [3.8, 4) is 0 Å². The van der Waals surface area contributed by atoms with E-state index >= 15 is 0 Å². The van der Waals surface area contributed by atoms with Crippen molar-refractivity contribution in [3.63, 3.8) is 0 Å². The molecule has 0 aromatic carbocycles. The minimum atomic E-state index is -0.674. The first kappa shape index (κ1) is 16.6. The Morgan fingerprint density at radius 3 is 1.56 bits per heavy atom. The molecule has 0 spiro atoms. The number of rotatable bonds is 7. The zero-order valence-electron chi connectivity index (χ0n) is 8.07. The van der Waals surface area contributed by atoms with Crippen molar-refractivity contribution in [1.29, 1.82) is 0 Å². The molecule has 10 heteroatoms. The zero-order chi connectivity index (χ0) is 12.6. The van der Waals surface area contributed by atoms with E-state index in [0.717, 1.165) is 0 Å². The van der Waals surface area contributed by atoms with Gasteiger partial charge in [0, 0.05) is 0 Å². The van der Waals surface area contributed by atoms with Gasteiger partial charge in [-0.25, -0.2) is 0 Å². The molecule has 0 radical (unpaired) electrons. The predicted molar refractivity (Wildman–Crippen MR) is 67.3 cm³/mol. The fourth-order valence-corrected chi connectivity index (χ4v) is 3.30. The summed E-state index contributed by atoms with van der Waals surface area (Å²) in [4.78, 5) is 21.8. The maximum atomic E-state index is 10.9. The summed E-state index contributed by atoms with van der Waals surface area (Å²) < 4.78 is 8.79. The first-order valence-electron chi connectivity index (χ1n) is 3.99. The van der Waals surface area contributed by atoms with Crippen molar-refractivity contribution < 1.29 is 17.2 Å². The van der Waals surface area contributed by atoms with Gasteiger partial charge >= 0.3 is 118 Å². The maximum absolute atomic E-state index is 10.9. The Kier molecular flexibility index (Phi) is 9.97. The molecule has 0 amide bonds. The molecule has 0 rings (SSSR count). The zero-order valence-corrected chi connectivity index (χ0v) is 13.5. The summed E-state index contributed by atoms with van der Waals surface area (Å²) in [5, 5.41) is 0. The molecular weight excluding hydrogens is 386 g/mol. The van der Waals surface area contributed by atoms with Gasteiger partial charge in [0.2, 0.25) is 0 Å². The van der Waals surface area contributed by atoms with E-state index in [-0.39, 0.29) is 0 Å². The van der Waals surface area contributed by atoms with Crippen LogP contribution in [-0.4, -0.2) is 68.2 Å². The Hall–Kier alpha value is 0.599. The quantitative estimate of drug-likeness (QED) is 0.281. The SMILES string of the molecule is N[C@@H](CSSC[C@H](N)C(=O)O[SeH])C(=O)O[SeH]. The Balaban J connectivity index is 3.60. The molecule has 4 N–H and O–H groups in total. The van der Waals surface area contributed by atoms with Crippen molar-refractivity contribution in [2.24, 2.45) is 11.5 Å². The summed E-state index contributed by atoms with van der Waals surface area (Å²) in [6.07, 6.45) is 0. The van der Waals surface area contributed by atoms with E-state index in [1.807, 2.05) is 0 Å². The predicted octanol–water partition coefficient (Wildman–Crippen LogP) is -2.26. The normalized spacial score (nSPS) is 14.0. The van der Waals surface area contributed by atoms with E-state index in [9.17, 15) is 9.59 Å². The summed E-state index contributed by atoms with van der Waals surface area (Å²) in [6.45, 7) is 0. The molecule has 6 nitrogen and oxygen atoms in total. The van der Waals surface area contributed by atoms with Crippen LogP contribution in [0.2, 0.25) is 0 Å². The van der Waals surface area contributed by atoms with Crippen LogP contribution >= 0.6 is 21.6 Å². The molecule has 2 atom stereocenters. The van der Waals surface area contributed by atoms with E-state index in [0.29, 0.717) is 11.5 Å². The third-order valence-corrected chi connectivity index (χ3v) is 4.59. The van der Waals surface area contributed by atoms with Crippen LogP contribution in [0.3, 0.4) is 0 Å². The van der Waals surface area contributed by atoms with Gasteiger partial charge in [0.15, 0.2) is 0 Å². The van der Waals surface area contributed by atoms with Crippen LogP contribution < -0.4 is 11.5 Å². The second kappa shape index (κ2) is 9.61. The van der Waals surface area contributed by atoms with Gasteiger partial charge < -0.3 is 0 Å².